The van der Waals surface area contributed by atoms with Gasteiger partial charge in [0.05, 0.1) is 25.4 Å². The maximum Gasteiger partial charge on any atom is 0.421 e. The quantitative estimate of drug-likeness (QED) is 0.558. The normalized spacial score (nSPS) is 24.0. The predicted molar refractivity (Wildman–Crippen MR) is 126 cm³/mol. The summed E-state index contributed by atoms with van der Waals surface area (Å²) >= 11 is 1.16. The van der Waals surface area contributed by atoms with Gasteiger partial charge in [-0.2, -0.15) is 17.5 Å². The highest BCUT2D eigenvalue weighted by Gasteiger charge is 2.51. The Kier molecular flexibility index (Phi) is 7.79. The summed E-state index contributed by atoms with van der Waals surface area (Å²) in [7, 11) is -3.65. The third-order valence-electron chi connectivity index (χ3n) is 6.49. The van der Waals surface area contributed by atoms with Crippen LogP contribution in [0.15, 0.2) is 46.0 Å². The van der Waals surface area contributed by atoms with Crippen molar-refractivity contribution in [1.82, 2.24) is 4.31 Å². The second-order valence-electron chi connectivity index (χ2n) is 8.93. The Balaban J connectivity index is 1.52. The van der Waals surface area contributed by atoms with Crippen molar-refractivity contribution < 1.29 is 36.2 Å². The molecule has 2 saturated heterocycles. The number of anilines is 1. The van der Waals surface area contributed by atoms with E-state index in [0.29, 0.717) is 25.4 Å². The van der Waals surface area contributed by atoms with Crippen molar-refractivity contribution in [1.29, 1.82) is 0 Å². The van der Waals surface area contributed by atoms with E-state index in [9.17, 15) is 26.7 Å². The molecule has 2 aromatic rings. The standard InChI is InChI=1S/C23H29F3N2O5S2/c1-22(29,23(24,25)26)17-6-8-18(9-7-17)28-11-10-27(35(30,31)21-5-3-13-34-21)14-19(28)15-32-16-20-4-2-12-33-20/h3,5-9,13,19-20,29H,2,4,10-12,14-16H2,1H3/t19-,20+,22+/m1/s1. The van der Waals surface area contributed by atoms with Gasteiger partial charge in [0, 0.05) is 31.9 Å². The van der Waals surface area contributed by atoms with E-state index in [2.05, 4.69) is 0 Å². The summed E-state index contributed by atoms with van der Waals surface area (Å²) in [5, 5.41) is 11.7. The number of rotatable bonds is 8. The second-order valence-corrected chi connectivity index (χ2v) is 12.0. The van der Waals surface area contributed by atoms with Crippen LogP contribution in [0.3, 0.4) is 0 Å². The summed E-state index contributed by atoms with van der Waals surface area (Å²) in [6.07, 6.45) is -2.91. The SMILES string of the molecule is C[C@](O)(c1ccc(N2CCN(S(=O)(=O)c3cccs3)C[C@@H]2COC[C@@H]2CCCO2)cc1)C(F)(F)F. The maximum absolute atomic E-state index is 13.2. The number of nitrogens with zero attached hydrogens (tertiary/aromatic N) is 2. The van der Waals surface area contributed by atoms with Crippen LogP contribution >= 0.6 is 11.3 Å². The minimum absolute atomic E-state index is 0.0156. The Labute approximate surface area is 207 Å². The first-order valence-corrected chi connectivity index (χ1v) is 13.7. The molecule has 4 rings (SSSR count). The Morgan fingerprint density at radius 1 is 1.17 bits per heavy atom. The molecule has 7 nitrogen and oxygen atoms in total. The summed E-state index contributed by atoms with van der Waals surface area (Å²) in [6, 6.07) is 8.45. The molecule has 0 radical (unpaired) electrons. The van der Waals surface area contributed by atoms with Crippen LogP contribution in [0.5, 0.6) is 0 Å². The zero-order chi connectivity index (χ0) is 25.3. The van der Waals surface area contributed by atoms with E-state index in [4.69, 9.17) is 9.47 Å². The van der Waals surface area contributed by atoms with Gasteiger partial charge in [0.1, 0.15) is 4.21 Å². The van der Waals surface area contributed by atoms with Crippen LogP contribution in [0, 0.1) is 0 Å². The number of benzene rings is 1. The van der Waals surface area contributed by atoms with Gasteiger partial charge in [0.2, 0.25) is 0 Å². The van der Waals surface area contributed by atoms with Gasteiger partial charge < -0.3 is 19.5 Å². The summed E-state index contributed by atoms with van der Waals surface area (Å²) in [5.41, 5.74) is -2.60. The third kappa shape index (κ3) is 5.67. The molecule has 2 fully saturated rings. The monoisotopic (exact) mass is 534 g/mol. The highest BCUT2D eigenvalue weighted by atomic mass is 32.2. The smallest absolute Gasteiger partial charge is 0.377 e. The molecule has 0 spiro atoms. The van der Waals surface area contributed by atoms with Gasteiger partial charge in [-0.3, -0.25) is 0 Å². The molecule has 194 valence electrons. The molecular formula is C23H29F3N2O5S2. The molecule has 1 aromatic heterocycles. The highest BCUT2D eigenvalue weighted by molar-refractivity contribution is 7.91. The van der Waals surface area contributed by atoms with Crippen LogP contribution in [0.4, 0.5) is 18.9 Å². The Morgan fingerprint density at radius 2 is 1.91 bits per heavy atom. The predicted octanol–water partition coefficient (Wildman–Crippen LogP) is 3.59. The fraction of sp³-hybridized carbons (Fsp3) is 0.565. The summed E-state index contributed by atoms with van der Waals surface area (Å²) < 4.78 is 79.1. The van der Waals surface area contributed by atoms with E-state index in [-0.39, 0.29) is 41.6 Å². The lowest BCUT2D eigenvalue weighted by Crippen LogP contribution is -2.56. The largest absolute Gasteiger partial charge is 0.421 e. The molecule has 0 amide bonds. The first kappa shape index (κ1) is 26.4. The van der Waals surface area contributed by atoms with Gasteiger partial charge >= 0.3 is 6.18 Å². The average molecular weight is 535 g/mol. The lowest BCUT2D eigenvalue weighted by molar-refractivity contribution is -0.258. The third-order valence-corrected chi connectivity index (χ3v) is 9.72. The number of sulfonamides is 1. The molecule has 12 heteroatoms. The van der Waals surface area contributed by atoms with Crippen molar-refractivity contribution >= 4 is 27.0 Å². The van der Waals surface area contributed by atoms with E-state index < -0.39 is 21.8 Å². The van der Waals surface area contributed by atoms with Crippen LogP contribution < -0.4 is 4.90 Å². The molecule has 0 aliphatic carbocycles. The Bertz CT molecular complexity index is 1070. The van der Waals surface area contributed by atoms with Gasteiger partial charge in [-0.05, 0) is 48.9 Å². The van der Waals surface area contributed by atoms with Gasteiger partial charge in [-0.25, -0.2) is 8.42 Å². The van der Waals surface area contributed by atoms with Gasteiger partial charge in [0.15, 0.2) is 5.60 Å². The van der Waals surface area contributed by atoms with Gasteiger partial charge in [-0.15, -0.1) is 11.3 Å². The van der Waals surface area contributed by atoms with Crippen LogP contribution in [-0.4, -0.2) is 75.6 Å². The lowest BCUT2D eigenvalue weighted by Gasteiger charge is -2.42. The molecule has 1 aromatic carbocycles. The minimum Gasteiger partial charge on any atom is -0.377 e. The molecule has 35 heavy (non-hydrogen) atoms. The molecule has 0 unspecified atom stereocenters. The van der Waals surface area contributed by atoms with Gasteiger partial charge in [0.25, 0.3) is 10.0 Å². The zero-order valence-corrected chi connectivity index (χ0v) is 20.9. The van der Waals surface area contributed by atoms with E-state index in [1.165, 1.54) is 28.6 Å². The van der Waals surface area contributed by atoms with E-state index >= 15 is 0 Å². The first-order chi connectivity index (χ1) is 16.5. The van der Waals surface area contributed by atoms with Crippen LogP contribution in [-0.2, 0) is 25.1 Å². The molecule has 1 N–H and O–H groups in total. The molecule has 3 heterocycles. The van der Waals surface area contributed by atoms with E-state index in [1.54, 1.807) is 17.5 Å². The van der Waals surface area contributed by atoms with Crippen molar-refractivity contribution in [2.24, 2.45) is 0 Å². The fourth-order valence-electron chi connectivity index (χ4n) is 4.32. The van der Waals surface area contributed by atoms with E-state index in [0.717, 1.165) is 31.1 Å². The number of piperazine rings is 1. The Hall–Kier alpha value is -1.70. The minimum atomic E-state index is -4.81. The second kappa shape index (κ2) is 10.3. The summed E-state index contributed by atoms with van der Waals surface area (Å²) in [5.74, 6) is 0. The van der Waals surface area contributed by atoms with Crippen LogP contribution in [0.1, 0.15) is 25.3 Å². The van der Waals surface area contributed by atoms with Gasteiger partial charge in [-0.1, -0.05) is 18.2 Å². The number of aliphatic hydroxyl groups is 1. The van der Waals surface area contributed by atoms with Crippen molar-refractivity contribution in [2.45, 2.75) is 47.9 Å². The first-order valence-electron chi connectivity index (χ1n) is 11.4. The topological polar surface area (TPSA) is 79.3 Å². The van der Waals surface area contributed by atoms with Crippen LogP contribution in [0.25, 0.3) is 0 Å². The Morgan fingerprint density at radius 3 is 2.51 bits per heavy atom. The van der Waals surface area contributed by atoms with Crippen LogP contribution in [0.2, 0.25) is 0 Å². The molecule has 2 aliphatic heterocycles. The number of thiophene rings is 1. The van der Waals surface area contributed by atoms with Crippen molar-refractivity contribution in [3.8, 4) is 0 Å². The number of alkyl halides is 3. The molecule has 0 saturated carbocycles. The highest BCUT2D eigenvalue weighted by Crippen LogP contribution is 2.39. The van der Waals surface area contributed by atoms with Crippen molar-refractivity contribution in [3.05, 3.63) is 47.3 Å². The molecule has 2 aliphatic rings. The summed E-state index contributed by atoms with van der Waals surface area (Å²) in [4.78, 5) is 1.95. The van der Waals surface area contributed by atoms with Crippen molar-refractivity contribution in [3.63, 3.8) is 0 Å². The average Bonchev–Trinajstić information content (AvgIpc) is 3.53. The summed E-state index contributed by atoms with van der Waals surface area (Å²) in [6.45, 7) is 2.79. The maximum atomic E-state index is 13.2. The number of hydrogen-bond donors (Lipinski definition) is 1. The number of halogens is 3. The van der Waals surface area contributed by atoms with E-state index in [1.807, 2.05) is 4.90 Å². The molecular weight excluding hydrogens is 505 g/mol. The molecule has 3 atom stereocenters. The lowest BCUT2D eigenvalue weighted by atomic mass is 9.95. The fourth-order valence-corrected chi connectivity index (χ4v) is 6.93. The number of hydrogen-bond acceptors (Lipinski definition) is 7. The number of ether oxygens (including phenoxy) is 2. The molecule has 0 bridgehead atoms. The zero-order valence-electron chi connectivity index (χ0n) is 19.3. The van der Waals surface area contributed by atoms with Crippen molar-refractivity contribution in [2.75, 3.05) is 44.4 Å².